The van der Waals surface area contributed by atoms with Gasteiger partial charge in [0.15, 0.2) is 5.58 Å². The molecule has 0 bridgehead atoms. The van der Waals surface area contributed by atoms with Gasteiger partial charge in [0.1, 0.15) is 5.52 Å². The van der Waals surface area contributed by atoms with E-state index in [1.54, 1.807) is 0 Å². The molecule has 0 saturated heterocycles. The molecule has 0 aliphatic rings. The van der Waals surface area contributed by atoms with E-state index < -0.39 is 0 Å². The van der Waals surface area contributed by atoms with Crippen LogP contribution >= 0.6 is 0 Å². The summed E-state index contributed by atoms with van der Waals surface area (Å²) in [4.78, 5) is 7.36. The number of nitrogens with zero attached hydrogens (tertiary/aromatic N) is 2. The summed E-state index contributed by atoms with van der Waals surface area (Å²) in [7, 11) is 0. The van der Waals surface area contributed by atoms with Crippen molar-refractivity contribution < 1.29 is 4.42 Å². The van der Waals surface area contributed by atoms with E-state index in [0.717, 1.165) is 66.8 Å². The maximum Gasteiger partial charge on any atom is 0.227 e. The average molecular weight is 717 g/mol. The predicted octanol–water partition coefficient (Wildman–Crippen LogP) is 14.8. The summed E-state index contributed by atoms with van der Waals surface area (Å²) in [5.41, 5.74) is 15.2. The fourth-order valence-electron chi connectivity index (χ4n) is 7.62. The fraction of sp³-hybridized carbons (Fsp3) is 0. The summed E-state index contributed by atoms with van der Waals surface area (Å²) in [6.45, 7) is 0. The molecular weight excluding hydrogens is 681 g/mol. The minimum atomic E-state index is 0.628. The summed E-state index contributed by atoms with van der Waals surface area (Å²) in [5, 5.41) is 2.19. The zero-order valence-corrected chi connectivity index (χ0v) is 30.6. The van der Waals surface area contributed by atoms with Crippen LogP contribution in [0.3, 0.4) is 0 Å². The van der Waals surface area contributed by atoms with Gasteiger partial charge in [-0.05, 0) is 98.9 Å². The van der Waals surface area contributed by atoms with Crippen molar-refractivity contribution in [1.82, 2.24) is 4.98 Å². The first kappa shape index (κ1) is 33.1. The molecule has 56 heavy (non-hydrogen) atoms. The third-order valence-electron chi connectivity index (χ3n) is 10.5. The Morgan fingerprint density at radius 3 is 1.20 bits per heavy atom. The van der Waals surface area contributed by atoms with Crippen LogP contribution < -0.4 is 4.90 Å². The summed E-state index contributed by atoms with van der Waals surface area (Å²) in [5.74, 6) is 0.628. The van der Waals surface area contributed by atoms with E-state index in [0.29, 0.717) is 5.89 Å². The number of hydrogen-bond donors (Lipinski definition) is 0. The van der Waals surface area contributed by atoms with Gasteiger partial charge in [-0.25, -0.2) is 4.98 Å². The van der Waals surface area contributed by atoms with Crippen molar-refractivity contribution in [1.29, 1.82) is 0 Å². The lowest BCUT2D eigenvalue weighted by Crippen LogP contribution is -2.09. The predicted molar refractivity (Wildman–Crippen MR) is 233 cm³/mol. The largest absolute Gasteiger partial charge is 0.435 e. The molecule has 0 aliphatic carbocycles. The lowest BCUT2D eigenvalue weighted by molar-refractivity contribution is 0.623. The van der Waals surface area contributed by atoms with Crippen molar-refractivity contribution in [2.45, 2.75) is 0 Å². The maximum atomic E-state index is 6.45. The molecule has 0 spiro atoms. The van der Waals surface area contributed by atoms with Gasteiger partial charge in [-0.15, -0.1) is 0 Å². The third kappa shape index (κ3) is 6.31. The highest BCUT2D eigenvalue weighted by Gasteiger charge is 2.18. The number of fused-ring (bicyclic) bond motifs is 3. The Labute approximate surface area is 326 Å². The zero-order valence-electron chi connectivity index (χ0n) is 30.6. The van der Waals surface area contributed by atoms with E-state index in [4.69, 9.17) is 9.40 Å². The molecule has 10 aromatic rings. The monoisotopic (exact) mass is 716 g/mol. The van der Waals surface area contributed by atoms with E-state index in [1.165, 1.54) is 22.3 Å². The van der Waals surface area contributed by atoms with Crippen LogP contribution in [0.15, 0.2) is 223 Å². The molecular formula is C53H36N2O. The topological polar surface area (TPSA) is 29.3 Å². The van der Waals surface area contributed by atoms with Crippen LogP contribution in [-0.2, 0) is 0 Å². The zero-order chi connectivity index (χ0) is 37.3. The molecule has 264 valence electrons. The van der Waals surface area contributed by atoms with Crippen LogP contribution in [0.1, 0.15) is 0 Å². The molecule has 1 aromatic heterocycles. The normalized spacial score (nSPS) is 11.2. The second kappa shape index (κ2) is 14.4. The van der Waals surface area contributed by atoms with Crippen LogP contribution in [0.4, 0.5) is 17.1 Å². The Kier molecular flexibility index (Phi) is 8.51. The lowest BCUT2D eigenvalue weighted by atomic mass is 9.97. The van der Waals surface area contributed by atoms with Gasteiger partial charge < -0.3 is 9.32 Å². The number of rotatable bonds is 8. The minimum absolute atomic E-state index is 0.628. The Bertz CT molecular complexity index is 2820. The van der Waals surface area contributed by atoms with Crippen LogP contribution in [0.2, 0.25) is 0 Å². The maximum absolute atomic E-state index is 6.45. The SMILES string of the molecule is c1ccc(-c2ccc(N(c3ccc(-c4ccccc4)cc3)c3ccc(-c4ccc(-c5cc6ccccc6c6oc(-c7ccccc7)nc56)cc4)cc3)cc2)cc1. The molecule has 1 heterocycles. The number of hydrogen-bond acceptors (Lipinski definition) is 3. The first-order valence-corrected chi connectivity index (χ1v) is 18.9. The molecule has 9 aromatic carbocycles. The standard InChI is InChI=1S/C53H36N2O/c1-4-12-37(13-5-1)40-24-30-46(31-25-40)55(47-32-26-41(27-33-47)38-14-6-2-7-15-38)48-34-28-42(29-35-48)39-20-22-43(23-21-39)50-36-45-18-10-11-19-49(45)52-51(50)54-53(56-52)44-16-8-3-9-17-44/h1-36H. The van der Waals surface area contributed by atoms with Crippen LogP contribution in [0, 0.1) is 0 Å². The smallest absolute Gasteiger partial charge is 0.227 e. The Hall–Kier alpha value is -7.49. The average Bonchev–Trinajstić information content (AvgIpc) is 3.74. The number of benzene rings is 9. The van der Waals surface area contributed by atoms with Gasteiger partial charge in [-0.2, -0.15) is 0 Å². The van der Waals surface area contributed by atoms with E-state index in [2.05, 4.69) is 193 Å². The molecule has 0 aliphatic heterocycles. The lowest BCUT2D eigenvalue weighted by Gasteiger charge is -2.26. The van der Waals surface area contributed by atoms with Gasteiger partial charge in [0.2, 0.25) is 5.89 Å². The summed E-state index contributed by atoms with van der Waals surface area (Å²) >= 11 is 0. The van der Waals surface area contributed by atoms with Crippen molar-refractivity contribution in [3.8, 4) is 56.0 Å². The second-order valence-corrected chi connectivity index (χ2v) is 14.0. The van der Waals surface area contributed by atoms with Crippen LogP contribution in [0.25, 0.3) is 77.8 Å². The second-order valence-electron chi connectivity index (χ2n) is 14.0. The van der Waals surface area contributed by atoms with E-state index in [9.17, 15) is 0 Å². The first-order chi connectivity index (χ1) is 27.7. The Morgan fingerprint density at radius 2 is 0.714 bits per heavy atom. The van der Waals surface area contributed by atoms with Gasteiger partial charge in [-0.3, -0.25) is 0 Å². The molecule has 0 saturated carbocycles. The van der Waals surface area contributed by atoms with Crippen molar-refractivity contribution >= 4 is 38.9 Å². The highest BCUT2D eigenvalue weighted by molar-refractivity contribution is 6.10. The van der Waals surface area contributed by atoms with Gasteiger partial charge >= 0.3 is 0 Å². The molecule has 10 rings (SSSR count). The van der Waals surface area contributed by atoms with Crippen LogP contribution in [0.5, 0.6) is 0 Å². The van der Waals surface area contributed by atoms with Crippen molar-refractivity contribution in [2.75, 3.05) is 4.90 Å². The molecule has 0 radical (unpaired) electrons. The summed E-state index contributed by atoms with van der Waals surface area (Å²) in [6.07, 6.45) is 0. The van der Waals surface area contributed by atoms with E-state index in [-0.39, 0.29) is 0 Å². The number of oxazole rings is 1. The quantitative estimate of drug-likeness (QED) is 0.157. The summed E-state index contributed by atoms with van der Waals surface area (Å²) in [6, 6.07) is 77.0. The van der Waals surface area contributed by atoms with Crippen molar-refractivity contribution in [3.63, 3.8) is 0 Å². The van der Waals surface area contributed by atoms with Gasteiger partial charge in [0, 0.05) is 33.6 Å². The Balaban J connectivity index is 0.984. The van der Waals surface area contributed by atoms with Gasteiger partial charge in [-0.1, -0.05) is 164 Å². The highest BCUT2D eigenvalue weighted by atomic mass is 16.3. The van der Waals surface area contributed by atoms with Crippen molar-refractivity contribution in [3.05, 3.63) is 218 Å². The first-order valence-electron chi connectivity index (χ1n) is 18.9. The molecule has 0 N–H and O–H groups in total. The number of aromatic nitrogens is 1. The Morgan fingerprint density at radius 1 is 0.339 bits per heavy atom. The third-order valence-corrected chi connectivity index (χ3v) is 10.5. The highest BCUT2D eigenvalue weighted by Crippen LogP contribution is 2.40. The van der Waals surface area contributed by atoms with Crippen molar-refractivity contribution in [2.24, 2.45) is 0 Å². The molecule has 0 atom stereocenters. The van der Waals surface area contributed by atoms with E-state index >= 15 is 0 Å². The summed E-state index contributed by atoms with van der Waals surface area (Å²) < 4.78 is 6.45. The molecule has 0 amide bonds. The van der Waals surface area contributed by atoms with E-state index in [1.807, 2.05) is 30.3 Å². The molecule has 0 fully saturated rings. The van der Waals surface area contributed by atoms with Crippen LogP contribution in [-0.4, -0.2) is 4.98 Å². The van der Waals surface area contributed by atoms with Gasteiger partial charge in [0.05, 0.1) is 0 Å². The molecule has 0 unspecified atom stereocenters. The molecule has 3 heteroatoms. The minimum Gasteiger partial charge on any atom is -0.435 e. The molecule has 3 nitrogen and oxygen atoms in total. The number of anilines is 3. The fourth-order valence-corrected chi connectivity index (χ4v) is 7.62. The van der Waals surface area contributed by atoms with Gasteiger partial charge in [0.25, 0.3) is 0 Å².